The van der Waals surface area contributed by atoms with E-state index in [2.05, 4.69) is 27.8 Å². The number of aromatic nitrogens is 1. The average Bonchev–Trinajstić information content (AvgIpc) is 2.17. The third kappa shape index (κ3) is 3.72. The molecule has 1 rings (SSSR count). The Hall–Kier alpha value is -1.35. The molecule has 0 fully saturated rings. The van der Waals surface area contributed by atoms with Crippen LogP contribution in [0.15, 0.2) is 30.5 Å². The largest absolute Gasteiger partial charge is 0.356 e. The topological polar surface area (TPSA) is 28.2 Å². The second kappa shape index (κ2) is 5.51. The molecule has 0 aliphatic rings. The van der Waals surface area contributed by atoms with Crippen molar-refractivity contribution in [2.75, 3.05) is 25.5 Å². The van der Waals surface area contributed by atoms with E-state index in [4.69, 9.17) is 0 Å². The van der Waals surface area contributed by atoms with Gasteiger partial charge in [-0.05, 0) is 31.7 Å². The van der Waals surface area contributed by atoms with Crippen molar-refractivity contribution < 1.29 is 0 Å². The first kappa shape index (κ1) is 11.7. The van der Waals surface area contributed by atoms with Gasteiger partial charge < -0.3 is 10.2 Å². The summed E-state index contributed by atoms with van der Waals surface area (Å²) in [6.07, 6.45) is 1.84. The summed E-state index contributed by atoms with van der Waals surface area (Å²) in [5.41, 5.74) is 2.38. The van der Waals surface area contributed by atoms with Gasteiger partial charge in [0, 0.05) is 26.3 Å². The highest BCUT2D eigenvalue weighted by Gasteiger charge is 2.02. The van der Waals surface area contributed by atoms with Gasteiger partial charge in [-0.15, -0.1) is 0 Å². The zero-order valence-electron chi connectivity index (χ0n) is 9.75. The van der Waals surface area contributed by atoms with E-state index in [-0.39, 0.29) is 0 Å². The van der Waals surface area contributed by atoms with E-state index in [1.807, 2.05) is 33.3 Å². The maximum atomic E-state index is 4.33. The summed E-state index contributed by atoms with van der Waals surface area (Å²) >= 11 is 0. The van der Waals surface area contributed by atoms with E-state index in [0.717, 1.165) is 24.5 Å². The molecule has 1 aromatic heterocycles. The molecule has 0 unspecified atom stereocenters. The minimum absolute atomic E-state index is 0.843. The van der Waals surface area contributed by atoms with Gasteiger partial charge in [-0.1, -0.05) is 12.2 Å². The normalized spacial score (nSPS) is 10.1. The van der Waals surface area contributed by atoms with Crippen LogP contribution in [0.5, 0.6) is 0 Å². The van der Waals surface area contributed by atoms with Crippen molar-refractivity contribution in [3.05, 3.63) is 36.0 Å². The molecule has 1 N–H and O–H groups in total. The molecule has 3 heteroatoms. The van der Waals surface area contributed by atoms with Crippen molar-refractivity contribution in [2.24, 2.45) is 0 Å². The molecular weight excluding hydrogens is 186 g/mol. The molecule has 0 saturated carbocycles. The summed E-state index contributed by atoms with van der Waals surface area (Å²) in [6.45, 7) is 7.63. The number of anilines is 1. The molecule has 0 radical (unpaired) electrons. The lowest BCUT2D eigenvalue weighted by molar-refractivity contribution is 0.813. The molecule has 0 saturated heterocycles. The Morgan fingerprint density at radius 3 is 2.93 bits per heavy atom. The van der Waals surface area contributed by atoms with Crippen LogP contribution in [-0.4, -0.2) is 25.6 Å². The van der Waals surface area contributed by atoms with Gasteiger partial charge in [0.05, 0.1) is 0 Å². The number of hydrogen-bond donors (Lipinski definition) is 1. The van der Waals surface area contributed by atoms with Gasteiger partial charge in [0.1, 0.15) is 5.82 Å². The van der Waals surface area contributed by atoms with Gasteiger partial charge in [-0.3, -0.25) is 0 Å². The number of rotatable bonds is 5. The minimum Gasteiger partial charge on any atom is -0.356 e. The van der Waals surface area contributed by atoms with Crippen LogP contribution in [0.3, 0.4) is 0 Å². The quantitative estimate of drug-likeness (QED) is 0.743. The number of nitrogens with one attached hydrogen (secondary N) is 1. The Bertz CT molecular complexity index is 333. The molecule has 0 spiro atoms. The Balaban J connectivity index is 2.75. The van der Waals surface area contributed by atoms with Gasteiger partial charge in [-0.25, -0.2) is 4.98 Å². The van der Waals surface area contributed by atoms with Crippen LogP contribution in [0.2, 0.25) is 0 Å². The molecule has 3 nitrogen and oxygen atoms in total. The molecule has 82 valence electrons. The summed E-state index contributed by atoms with van der Waals surface area (Å²) < 4.78 is 0. The lowest BCUT2D eigenvalue weighted by atomic mass is 10.2. The fraction of sp³-hybridized carbons (Fsp3) is 0.417. The van der Waals surface area contributed by atoms with Gasteiger partial charge in [0.25, 0.3) is 0 Å². The van der Waals surface area contributed by atoms with E-state index < -0.39 is 0 Å². The van der Waals surface area contributed by atoms with Crippen LogP contribution in [0.4, 0.5) is 5.82 Å². The molecule has 0 aromatic carbocycles. The van der Waals surface area contributed by atoms with Crippen LogP contribution < -0.4 is 10.2 Å². The Morgan fingerprint density at radius 2 is 2.33 bits per heavy atom. The van der Waals surface area contributed by atoms with Crippen molar-refractivity contribution in [3.63, 3.8) is 0 Å². The minimum atomic E-state index is 0.843. The number of hydrogen-bond acceptors (Lipinski definition) is 3. The third-order valence-electron chi connectivity index (χ3n) is 2.09. The third-order valence-corrected chi connectivity index (χ3v) is 2.09. The standard InChI is InChI=1S/C12H19N3/c1-10(2)9-15(4)12-7-11(8-13-3)5-6-14-12/h5-7,13H,1,8-9H2,2-4H3. The molecule has 0 aliphatic carbocycles. The smallest absolute Gasteiger partial charge is 0.128 e. The lowest BCUT2D eigenvalue weighted by Crippen LogP contribution is -2.20. The lowest BCUT2D eigenvalue weighted by Gasteiger charge is -2.18. The second-order valence-corrected chi connectivity index (χ2v) is 3.87. The molecule has 0 amide bonds. The van der Waals surface area contributed by atoms with Crippen molar-refractivity contribution in [2.45, 2.75) is 13.5 Å². The zero-order chi connectivity index (χ0) is 11.3. The molecule has 15 heavy (non-hydrogen) atoms. The van der Waals surface area contributed by atoms with Gasteiger partial charge in [-0.2, -0.15) is 0 Å². The van der Waals surface area contributed by atoms with Crippen molar-refractivity contribution in [1.82, 2.24) is 10.3 Å². The van der Waals surface area contributed by atoms with Crippen molar-refractivity contribution >= 4 is 5.82 Å². The predicted octanol–water partition coefficient (Wildman–Crippen LogP) is 1.81. The van der Waals surface area contributed by atoms with Crippen molar-refractivity contribution in [1.29, 1.82) is 0 Å². The fourth-order valence-electron chi connectivity index (χ4n) is 1.47. The Labute approximate surface area is 91.8 Å². The average molecular weight is 205 g/mol. The Kier molecular flexibility index (Phi) is 4.31. The predicted molar refractivity (Wildman–Crippen MR) is 65.1 cm³/mol. The summed E-state index contributed by atoms with van der Waals surface area (Å²) in [4.78, 5) is 6.43. The summed E-state index contributed by atoms with van der Waals surface area (Å²) in [6, 6.07) is 4.12. The van der Waals surface area contributed by atoms with E-state index >= 15 is 0 Å². The molecular formula is C12H19N3. The summed E-state index contributed by atoms with van der Waals surface area (Å²) in [5.74, 6) is 0.991. The molecule has 0 atom stereocenters. The highest BCUT2D eigenvalue weighted by Crippen LogP contribution is 2.11. The Morgan fingerprint density at radius 1 is 1.60 bits per heavy atom. The van der Waals surface area contributed by atoms with Gasteiger partial charge in [0.2, 0.25) is 0 Å². The van der Waals surface area contributed by atoms with Gasteiger partial charge >= 0.3 is 0 Å². The van der Waals surface area contributed by atoms with E-state index in [1.54, 1.807) is 0 Å². The first-order valence-electron chi connectivity index (χ1n) is 5.08. The van der Waals surface area contributed by atoms with E-state index in [0.29, 0.717) is 0 Å². The molecule has 0 aliphatic heterocycles. The molecule has 1 aromatic rings. The van der Waals surface area contributed by atoms with Crippen molar-refractivity contribution in [3.8, 4) is 0 Å². The van der Waals surface area contributed by atoms with Crippen LogP contribution in [-0.2, 0) is 6.54 Å². The monoisotopic (exact) mass is 205 g/mol. The summed E-state index contributed by atoms with van der Waals surface area (Å²) in [7, 11) is 3.97. The maximum Gasteiger partial charge on any atom is 0.128 e. The highest BCUT2D eigenvalue weighted by molar-refractivity contribution is 5.41. The zero-order valence-corrected chi connectivity index (χ0v) is 9.75. The van der Waals surface area contributed by atoms with E-state index in [1.165, 1.54) is 5.56 Å². The molecule has 0 bridgehead atoms. The van der Waals surface area contributed by atoms with Crippen LogP contribution in [0.1, 0.15) is 12.5 Å². The first-order valence-corrected chi connectivity index (χ1v) is 5.08. The SMILES string of the molecule is C=C(C)CN(C)c1cc(CNC)ccn1. The van der Waals surface area contributed by atoms with E-state index in [9.17, 15) is 0 Å². The maximum absolute atomic E-state index is 4.33. The number of nitrogens with zero attached hydrogens (tertiary/aromatic N) is 2. The summed E-state index contributed by atoms with van der Waals surface area (Å²) in [5, 5.41) is 3.13. The van der Waals surface area contributed by atoms with Gasteiger partial charge in [0.15, 0.2) is 0 Å². The van der Waals surface area contributed by atoms with Crippen LogP contribution >= 0.6 is 0 Å². The van der Waals surface area contributed by atoms with Crippen LogP contribution in [0, 0.1) is 0 Å². The number of likely N-dealkylation sites (N-methyl/N-ethyl adjacent to an activating group) is 1. The second-order valence-electron chi connectivity index (χ2n) is 3.87. The first-order chi connectivity index (χ1) is 7.13. The highest BCUT2D eigenvalue weighted by atomic mass is 15.2. The van der Waals surface area contributed by atoms with Crippen LogP contribution in [0.25, 0.3) is 0 Å². The number of pyridine rings is 1. The fourth-order valence-corrected chi connectivity index (χ4v) is 1.47. The molecule has 1 heterocycles.